The Hall–Kier alpha value is -2.22. The average molecular weight is 352 g/mol. The first kappa shape index (κ1) is 18.1. The second-order valence-corrected chi connectivity index (χ2v) is 6.38. The van der Waals surface area contributed by atoms with Crippen molar-refractivity contribution in [2.45, 2.75) is 39.7 Å². The van der Waals surface area contributed by atoms with Gasteiger partial charge in [0.15, 0.2) is 0 Å². The molecule has 2 aromatic rings. The Morgan fingerprint density at radius 3 is 2.75 bits per heavy atom. The lowest BCUT2D eigenvalue weighted by molar-refractivity contribution is -0.147. The Morgan fingerprint density at radius 2 is 2.12 bits per heavy atom. The van der Waals surface area contributed by atoms with Crippen molar-refractivity contribution in [3.8, 4) is 0 Å². The van der Waals surface area contributed by atoms with Gasteiger partial charge in [-0.05, 0) is 25.8 Å². The predicted octanol–water partition coefficient (Wildman–Crippen LogP) is 2.46. The van der Waals surface area contributed by atoms with E-state index >= 15 is 0 Å². The summed E-state index contributed by atoms with van der Waals surface area (Å²) < 4.78 is 11.1. The van der Waals surface area contributed by atoms with Crippen LogP contribution in [0, 0.1) is 6.92 Å². The number of esters is 2. The minimum Gasteiger partial charge on any atom is -0.465 e. The zero-order chi connectivity index (χ0) is 17.9. The molecule has 0 fully saturated rings. The van der Waals surface area contributed by atoms with E-state index in [1.165, 1.54) is 18.0 Å². The molecule has 0 radical (unpaired) electrons. The van der Waals surface area contributed by atoms with E-state index in [2.05, 4.69) is 4.98 Å². The van der Waals surface area contributed by atoms with Gasteiger partial charge >= 0.3 is 11.9 Å². The van der Waals surface area contributed by atoms with Crippen molar-refractivity contribution >= 4 is 33.5 Å². The van der Waals surface area contributed by atoms with Crippen LogP contribution in [-0.2, 0) is 14.3 Å². The summed E-state index contributed by atoms with van der Waals surface area (Å²) in [6.45, 7) is 5.58. The highest BCUT2D eigenvalue weighted by Crippen LogP contribution is 2.27. The van der Waals surface area contributed by atoms with Gasteiger partial charge in [0.05, 0.1) is 25.4 Å². The zero-order valence-corrected chi connectivity index (χ0v) is 14.9. The largest absolute Gasteiger partial charge is 0.465 e. The summed E-state index contributed by atoms with van der Waals surface area (Å²) in [6, 6.07) is -0.785. The van der Waals surface area contributed by atoms with Crippen molar-refractivity contribution in [3.63, 3.8) is 0 Å². The molecule has 2 rings (SSSR count). The predicted molar refractivity (Wildman–Crippen MR) is 90.5 cm³/mol. The van der Waals surface area contributed by atoms with Gasteiger partial charge in [0, 0.05) is 0 Å². The van der Waals surface area contributed by atoms with E-state index in [0.717, 1.165) is 24.2 Å². The smallest absolute Gasteiger partial charge is 0.348 e. The monoisotopic (exact) mass is 352 g/mol. The normalized spacial score (nSPS) is 12.2. The number of aromatic nitrogens is 2. The number of carbonyl (C=O) groups excluding carboxylic acids is 2. The number of nitrogens with zero attached hydrogens (tertiary/aromatic N) is 2. The van der Waals surface area contributed by atoms with E-state index in [0.29, 0.717) is 27.3 Å². The Kier molecular flexibility index (Phi) is 5.71. The van der Waals surface area contributed by atoms with Crippen LogP contribution in [0.1, 0.15) is 48.0 Å². The number of carbonyl (C=O) groups is 2. The third-order valence-electron chi connectivity index (χ3n) is 3.75. The molecule has 0 aliphatic carbocycles. The lowest BCUT2D eigenvalue weighted by atomic mass is 10.2. The molecule has 24 heavy (non-hydrogen) atoms. The van der Waals surface area contributed by atoms with Crippen LogP contribution in [0.5, 0.6) is 0 Å². The summed E-state index contributed by atoms with van der Waals surface area (Å²) in [5.41, 5.74) is 0.143. The number of fused-ring (bicyclic) bond motifs is 1. The lowest BCUT2D eigenvalue weighted by Crippen LogP contribution is -2.29. The van der Waals surface area contributed by atoms with E-state index < -0.39 is 18.0 Å². The molecule has 2 aromatic heterocycles. The Labute approximate surface area is 143 Å². The maximum Gasteiger partial charge on any atom is 0.348 e. The summed E-state index contributed by atoms with van der Waals surface area (Å²) >= 11 is 1.10. The fourth-order valence-corrected chi connectivity index (χ4v) is 3.31. The minimum atomic E-state index is -0.785. The van der Waals surface area contributed by atoms with Gasteiger partial charge in [-0.2, -0.15) is 0 Å². The molecule has 7 nitrogen and oxygen atoms in total. The van der Waals surface area contributed by atoms with Crippen LogP contribution in [0.15, 0.2) is 11.1 Å². The van der Waals surface area contributed by atoms with Gasteiger partial charge in [-0.1, -0.05) is 13.3 Å². The number of ether oxygens (including phenoxy) is 2. The third kappa shape index (κ3) is 3.33. The van der Waals surface area contributed by atoms with Crippen molar-refractivity contribution in [2.24, 2.45) is 0 Å². The molecule has 0 saturated carbocycles. The van der Waals surface area contributed by atoms with E-state index in [1.54, 1.807) is 13.8 Å². The molecule has 0 aliphatic heterocycles. The first-order valence-electron chi connectivity index (χ1n) is 7.67. The number of aryl methyl sites for hydroxylation is 1. The number of thiophene rings is 1. The molecule has 0 spiro atoms. The number of hydrogen-bond acceptors (Lipinski definition) is 7. The van der Waals surface area contributed by atoms with Crippen LogP contribution in [0.4, 0.5) is 0 Å². The highest BCUT2D eigenvalue weighted by Gasteiger charge is 2.23. The molecule has 2 heterocycles. The fraction of sp³-hybridized carbons (Fsp3) is 0.500. The summed E-state index contributed by atoms with van der Waals surface area (Å²) in [5, 5.41) is 0.330. The average Bonchev–Trinajstić information content (AvgIpc) is 2.91. The Bertz CT molecular complexity index is 824. The summed E-state index contributed by atoms with van der Waals surface area (Å²) in [5.74, 6) is -0.985. The van der Waals surface area contributed by atoms with Gasteiger partial charge in [-0.3, -0.25) is 9.36 Å². The van der Waals surface area contributed by atoms with Gasteiger partial charge in [-0.25, -0.2) is 14.6 Å². The second-order valence-electron chi connectivity index (χ2n) is 5.38. The number of methoxy groups -OCH3 is 1. The van der Waals surface area contributed by atoms with Crippen LogP contribution in [0.25, 0.3) is 10.2 Å². The molecular formula is C16H20N2O5S. The van der Waals surface area contributed by atoms with Crippen LogP contribution in [-0.4, -0.2) is 35.2 Å². The van der Waals surface area contributed by atoms with Crippen LogP contribution < -0.4 is 5.56 Å². The third-order valence-corrected chi connectivity index (χ3v) is 4.93. The summed E-state index contributed by atoms with van der Waals surface area (Å²) in [7, 11) is 1.28. The molecule has 8 heteroatoms. The maximum atomic E-state index is 12.7. The van der Waals surface area contributed by atoms with Crippen molar-refractivity contribution in [1.82, 2.24) is 9.55 Å². The number of hydrogen-bond donors (Lipinski definition) is 0. The highest BCUT2D eigenvalue weighted by molar-refractivity contribution is 7.20. The first-order chi connectivity index (χ1) is 11.4. The van der Waals surface area contributed by atoms with E-state index in [4.69, 9.17) is 9.47 Å². The standard InChI is InChI=1S/C16H20N2O5S/c1-5-6-7-23-15(20)10(3)18-8-17-13-11(14(18)19)9(2)12(24-13)16(21)22-4/h8,10H,5-7H2,1-4H3/t10-/m0/s1. The van der Waals surface area contributed by atoms with Gasteiger partial charge in [0.25, 0.3) is 5.56 Å². The molecule has 0 saturated heterocycles. The van der Waals surface area contributed by atoms with Crippen molar-refractivity contribution in [1.29, 1.82) is 0 Å². The van der Waals surface area contributed by atoms with E-state index in [-0.39, 0.29) is 5.56 Å². The van der Waals surface area contributed by atoms with Gasteiger partial charge in [-0.15, -0.1) is 11.3 Å². The minimum absolute atomic E-state index is 0.327. The molecule has 130 valence electrons. The number of unbranched alkanes of at least 4 members (excludes halogenated alkanes) is 1. The van der Waals surface area contributed by atoms with Gasteiger partial charge < -0.3 is 9.47 Å². The maximum absolute atomic E-state index is 12.7. The Morgan fingerprint density at radius 1 is 1.42 bits per heavy atom. The molecule has 0 amide bonds. The van der Waals surface area contributed by atoms with Crippen molar-refractivity contribution in [3.05, 3.63) is 27.1 Å². The first-order valence-corrected chi connectivity index (χ1v) is 8.49. The molecule has 0 aromatic carbocycles. The van der Waals surface area contributed by atoms with Crippen LogP contribution >= 0.6 is 11.3 Å². The van der Waals surface area contributed by atoms with Crippen molar-refractivity contribution in [2.75, 3.05) is 13.7 Å². The summed E-state index contributed by atoms with van der Waals surface area (Å²) in [4.78, 5) is 41.5. The summed E-state index contributed by atoms with van der Waals surface area (Å²) in [6.07, 6.45) is 3.00. The molecular weight excluding hydrogens is 332 g/mol. The van der Waals surface area contributed by atoms with Gasteiger partial charge in [0.1, 0.15) is 15.7 Å². The van der Waals surface area contributed by atoms with Crippen LogP contribution in [0.2, 0.25) is 0 Å². The quantitative estimate of drug-likeness (QED) is 0.586. The SMILES string of the molecule is CCCCOC(=O)[C@H](C)n1cnc2sc(C(=O)OC)c(C)c2c1=O. The molecule has 0 aliphatic rings. The topological polar surface area (TPSA) is 87.5 Å². The fourth-order valence-electron chi connectivity index (χ4n) is 2.25. The second kappa shape index (κ2) is 7.57. The van der Waals surface area contributed by atoms with Gasteiger partial charge in [0.2, 0.25) is 0 Å². The van der Waals surface area contributed by atoms with E-state index in [1.807, 2.05) is 6.92 Å². The Balaban J connectivity index is 2.41. The van der Waals surface area contributed by atoms with E-state index in [9.17, 15) is 14.4 Å². The zero-order valence-electron chi connectivity index (χ0n) is 14.1. The molecule has 0 unspecified atom stereocenters. The lowest BCUT2D eigenvalue weighted by Gasteiger charge is -2.13. The highest BCUT2D eigenvalue weighted by atomic mass is 32.1. The molecule has 0 N–H and O–H groups in total. The van der Waals surface area contributed by atoms with Crippen LogP contribution in [0.3, 0.4) is 0 Å². The molecule has 1 atom stereocenters. The van der Waals surface area contributed by atoms with Crippen molar-refractivity contribution < 1.29 is 19.1 Å². The molecule has 0 bridgehead atoms. The number of rotatable bonds is 6.